The molecule has 0 amide bonds. The Hall–Kier alpha value is -2.46. The zero-order chi connectivity index (χ0) is 24.1. The number of hydrogen-bond acceptors (Lipinski definition) is 4. The Morgan fingerprint density at radius 3 is 2.26 bits per heavy atom. The van der Waals surface area contributed by atoms with Crippen LogP contribution in [0.2, 0.25) is 0 Å². The van der Waals surface area contributed by atoms with E-state index in [-0.39, 0.29) is 0 Å². The highest BCUT2D eigenvalue weighted by Crippen LogP contribution is 2.39. The number of rotatable bonds is 10. The van der Waals surface area contributed by atoms with Gasteiger partial charge in [0.2, 0.25) is 0 Å². The van der Waals surface area contributed by atoms with Gasteiger partial charge in [0, 0.05) is 32.2 Å². The minimum atomic E-state index is 0.531. The van der Waals surface area contributed by atoms with Gasteiger partial charge in [-0.1, -0.05) is 68.8 Å². The summed E-state index contributed by atoms with van der Waals surface area (Å²) in [6.07, 6.45) is 4.01. The summed E-state index contributed by atoms with van der Waals surface area (Å²) in [5.74, 6) is 3.93. The molecule has 4 nitrogen and oxygen atoms in total. The first-order chi connectivity index (χ1) is 16.4. The van der Waals surface area contributed by atoms with Crippen molar-refractivity contribution in [2.24, 2.45) is 17.8 Å². The maximum Gasteiger partial charge on any atom is 0.119 e. The van der Waals surface area contributed by atoms with Crippen molar-refractivity contribution in [1.29, 1.82) is 0 Å². The third kappa shape index (κ3) is 6.35. The molecule has 1 aliphatic heterocycles. The van der Waals surface area contributed by atoms with E-state index in [1.165, 1.54) is 49.0 Å². The van der Waals surface area contributed by atoms with E-state index in [4.69, 9.17) is 4.74 Å². The Balaban J connectivity index is 1.46. The lowest BCUT2D eigenvalue weighted by Gasteiger charge is -2.52. The van der Waals surface area contributed by atoms with E-state index in [1.54, 1.807) is 0 Å². The minimum Gasteiger partial charge on any atom is -0.493 e. The van der Waals surface area contributed by atoms with Crippen LogP contribution < -0.4 is 10.1 Å². The van der Waals surface area contributed by atoms with Gasteiger partial charge >= 0.3 is 0 Å². The third-order valence-corrected chi connectivity index (χ3v) is 7.39. The molecule has 0 aromatic heterocycles. The van der Waals surface area contributed by atoms with Crippen molar-refractivity contribution in [3.63, 3.8) is 0 Å². The molecule has 0 radical (unpaired) electrons. The Bertz CT molecular complexity index is 907. The summed E-state index contributed by atoms with van der Waals surface area (Å²) in [6.45, 7) is 15.9. The van der Waals surface area contributed by atoms with Crippen LogP contribution in [0.4, 0.5) is 0 Å². The topological polar surface area (TPSA) is 27.7 Å². The lowest BCUT2D eigenvalue weighted by atomic mass is 9.72. The van der Waals surface area contributed by atoms with E-state index in [2.05, 4.69) is 98.0 Å². The molecule has 2 bridgehead atoms. The fraction of sp³-hybridized carbons (Fsp3) is 0.533. The van der Waals surface area contributed by atoms with Crippen molar-refractivity contribution >= 4 is 0 Å². The standard InChI is InChI=1S/C30H43N3O/c1-22(2)21-34-29-15-13-25(14-16-29)17-31-24(4)33(18-26-11-9-23(3)10-12-26)30-27-7-6-8-28(30)20-32(5)19-27/h9-16,22,27-28,30-31H,4,6-8,17-21H2,1-3,5H3. The molecule has 2 aromatic carbocycles. The van der Waals surface area contributed by atoms with Gasteiger partial charge in [-0.05, 0) is 67.8 Å². The third-order valence-electron chi connectivity index (χ3n) is 7.39. The van der Waals surface area contributed by atoms with Crippen LogP contribution in [0.1, 0.15) is 49.8 Å². The molecule has 2 aromatic rings. The van der Waals surface area contributed by atoms with Crippen LogP contribution >= 0.6 is 0 Å². The summed E-state index contributed by atoms with van der Waals surface area (Å²) < 4.78 is 5.84. The highest BCUT2D eigenvalue weighted by Gasteiger charge is 2.42. The zero-order valence-corrected chi connectivity index (χ0v) is 21.6. The largest absolute Gasteiger partial charge is 0.493 e. The lowest BCUT2D eigenvalue weighted by Crippen LogP contribution is -2.57. The second-order valence-electron chi connectivity index (χ2n) is 10.9. The van der Waals surface area contributed by atoms with E-state index in [9.17, 15) is 0 Å². The van der Waals surface area contributed by atoms with Crippen LogP contribution in [0.5, 0.6) is 5.75 Å². The summed E-state index contributed by atoms with van der Waals surface area (Å²) in [6, 6.07) is 18.0. The van der Waals surface area contributed by atoms with Crippen LogP contribution in [0, 0.1) is 24.7 Å². The van der Waals surface area contributed by atoms with Crippen LogP contribution in [-0.4, -0.2) is 42.6 Å². The summed E-state index contributed by atoms with van der Waals surface area (Å²) in [4.78, 5) is 5.13. The number of aryl methyl sites for hydroxylation is 1. The molecule has 4 heteroatoms. The highest BCUT2D eigenvalue weighted by atomic mass is 16.5. The molecule has 1 saturated carbocycles. The number of benzene rings is 2. The predicted octanol–water partition coefficient (Wildman–Crippen LogP) is 5.82. The summed E-state index contributed by atoms with van der Waals surface area (Å²) >= 11 is 0. The maximum atomic E-state index is 5.84. The average molecular weight is 462 g/mol. The molecule has 4 rings (SSSR count). The van der Waals surface area contributed by atoms with E-state index in [0.29, 0.717) is 23.8 Å². The van der Waals surface area contributed by atoms with Crippen molar-refractivity contribution < 1.29 is 4.74 Å². The molecule has 2 unspecified atom stereocenters. The quantitative estimate of drug-likeness (QED) is 0.482. The smallest absolute Gasteiger partial charge is 0.119 e. The van der Waals surface area contributed by atoms with Gasteiger partial charge in [0.15, 0.2) is 0 Å². The SMILES string of the molecule is C=C(NCc1ccc(OCC(C)C)cc1)N(Cc1ccc(C)cc1)C1C2CCCC1CN(C)C2. The van der Waals surface area contributed by atoms with E-state index < -0.39 is 0 Å². The second-order valence-corrected chi connectivity index (χ2v) is 10.9. The van der Waals surface area contributed by atoms with Gasteiger partial charge in [-0.2, -0.15) is 0 Å². The summed E-state index contributed by atoms with van der Waals surface area (Å²) in [7, 11) is 2.29. The molecule has 184 valence electrons. The monoisotopic (exact) mass is 461 g/mol. The first-order valence-corrected chi connectivity index (χ1v) is 13.0. The highest BCUT2D eigenvalue weighted by molar-refractivity contribution is 5.28. The molecule has 2 atom stereocenters. The Morgan fingerprint density at radius 2 is 1.65 bits per heavy atom. The Kier molecular flexibility index (Phi) is 8.20. The van der Waals surface area contributed by atoms with Gasteiger partial charge in [0.1, 0.15) is 5.75 Å². The predicted molar refractivity (Wildman–Crippen MR) is 142 cm³/mol. The molecule has 1 N–H and O–H groups in total. The molecule has 34 heavy (non-hydrogen) atoms. The van der Waals surface area contributed by atoms with E-state index >= 15 is 0 Å². The number of likely N-dealkylation sites (tertiary alicyclic amines) is 1. The van der Waals surface area contributed by atoms with Crippen LogP contribution in [0.3, 0.4) is 0 Å². The zero-order valence-electron chi connectivity index (χ0n) is 21.6. The van der Waals surface area contributed by atoms with Crippen LogP contribution in [-0.2, 0) is 13.1 Å². The summed E-state index contributed by atoms with van der Waals surface area (Å²) in [5, 5.41) is 3.68. The normalized spacial score (nSPS) is 22.4. The fourth-order valence-corrected chi connectivity index (χ4v) is 5.69. The molecular formula is C30H43N3O. The fourth-order valence-electron chi connectivity index (χ4n) is 5.69. The van der Waals surface area contributed by atoms with Crippen molar-refractivity contribution in [2.45, 2.75) is 59.2 Å². The van der Waals surface area contributed by atoms with Crippen molar-refractivity contribution in [2.75, 3.05) is 26.7 Å². The van der Waals surface area contributed by atoms with Gasteiger partial charge < -0.3 is 19.9 Å². The van der Waals surface area contributed by atoms with Crippen molar-refractivity contribution in [3.05, 3.63) is 77.6 Å². The van der Waals surface area contributed by atoms with E-state index in [0.717, 1.165) is 31.3 Å². The molecule has 1 saturated heterocycles. The van der Waals surface area contributed by atoms with Gasteiger partial charge in [-0.25, -0.2) is 0 Å². The van der Waals surface area contributed by atoms with Gasteiger partial charge in [-0.3, -0.25) is 0 Å². The molecule has 1 heterocycles. The Labute approximate surface area is 207 Å². The number of nitrogens with zero attached hydrogens (tertiary/aromatic N) is 2. The minimum absolute atomic E-state index is 0.531. The molecule has 0 spiro atoms. The number of fused-ring (bicyclic) bond motifs is 2. The second kappa shape index (κ2) is 11.3. The molecule has 1 aliphatic carbocycles. The first-order valence-electron chi connectivity index (χ1n) is 13.0. The van der Waals surface area contributed by atoms with Crippen LogP contribution in [0.15, 0.2) is 60.9 Å². The van der Waals surface area contributed by atoms with Gasteiger partial charge in [0.05, 0.1) is 12.4 Å². The van der Waals surface area contributed by atoms with Crippen molar-refractivity contribution in [1.82, 2.24) is 15.1 Å². The van der Waals surface area contributed by atoms with E-state index in [1.807, 2.05) is 0 Å². The number of piperidine rings is 1. The molecular weight excluding hydrogens is 418 g/mol. The Morgan fingerprint density at radius 1 is 1.03 bits per heavy atom. The van der Waals surface area contributed by atoms with Crippen molar-refractivity contribution in [3.8, 4) is 5.75 Å². The lowest BCUT2D eigenvalue weighted by molar-refractivity contribution is -0.00184. The van der Waals surface area contributed by atoms with Gasteiger partial charge in [0.25, 0.3) is 0 Å². The molecule has 2 fully saturated rings. The van der Waals surface area contributed by atoms with Crippen LogP contribution in [0.25, 0.3) is 0 Å². The van der Waals surface area contributed by atoms with Gasteiger partial charge in [-0.15, -0.1) is 0 Å². The molecule has 2 aliphatic rings. The first kappa shape index (κ1) is 24.7. The number of nitrogens with one attached hydrogen (secondary N) is 1. The number of ether oxygens (including phenoxy) is 1. The maximum absolute atomic E-state index is 5.84. The number of hydrogen-bond donors (Lipinski definition) is 1. The summed E-state index contributed by atoms with van der Waals surface area (Å²) in [5.41, 5.74) is 3.92. The average Bonchev–Trinajstić information content (AvgIpc) is 2.81.